The normalized spacial score (nSPS) is 10.4. The number of aromatic nitrogens is 2. The van der Waals surface area contributed by atoms with Gasteiger partial charge in [-0.25, -0.2) is 0 Å². The Morgan fingerprint density at radius 1 is 1.32 bits per heavy atom. The first kappa shape index (κ1) is 13.3. The van der Waals surface area contributed by atoms with Gasteiger partial charge in [-0.2, -0.15) is 5.10 Å². The van der Waals surface area contributed by atoms with Gasteiger partial charge >= 0.3 is 0 Å². The van der Waals surface area contributed by atoms with Crippen LogP contribution in [0, 0.1) is 0 Å². The maximum atomic E-state index is 11.7. The molecule has 5 nitrogen and oxygen atoms in total. The third kappa shape index (κ3) is 3.93. The van der Waals surface area contributed by atoms with Crippen molar-refractivity contribution in [1.82, 2.24) is 9.78 Å². The number of benzene rings is 1. The van der Waals surface area contributed by atoms with E-state index in [9.17, 15) is 4.79 Å². The molecule has 1 heterocycles. The van der Waals surface area contributed by atoms with Gasteiger partial charge in [0, 0.05) is 24.5 Å². The number of rotatable bonds is 6. The predicted octanol–water partition coefficient (Wildman–Crippen LogP) is 1.61. The van der Waals surface area contributed by atoms with Gasteiger partial charge < -0.3 is 11.1 Å². The molecule has 0 atom stereocenters. The van der Waals surface area contributed by atoms with Gasteiger partial charge in [-0.15, -0.1) is 0 Å². The number of nitrogens with two attached hydrogens (primary N) is 1. The monoisotopic (exact) mass is 258 g/mol. The molecule has 0 aliphatic carbocycles. The van der Waals surface area contributed by atoms with Gasteiger partial charge in [-0.3, -0.25) is 9.48 Å². The second-order valence-corrected chi connectivity index (χ2v) is 4.30. The first-order chi connectivity index (χ1) is 9.29. The van der Waals surface area contributed by atoms with Crippen LogP contribution in [0.15, 0.2) is 42.7 Å². The number of anilines is 1. The molecule has 0 spiro atoms. The molecule has 3 N–H and O–H groups in total. The fraction of sp³-hybridized carbons (Fsp3) is 0.286. The highest BCUT2D eigenvalue weighted by Crippen LogP contribution is 2.16. The van der Waals surface area contributed by atoms with Crippen molar-refractivity contribution in [2.24, 2.45) is 5.73 Å². The van der Waals surface area contributed by atoms with E-state index in [4.69, 9.17) is 5.73 Å². The van der Waals surface area contributed by atoms with Crippen molar-refractivity contribution in [3.05, 3.63) is 48.3 Å². The van der Waals surface area contributed by atoms with Crippen LogP contribution in [0.25, 0.3) is 0 Å². The second-order valence-electron chi connectivity index (χ2n) is 4.30. The number of hydrogen-bond acceptors (Lipinski definition) is 3. The zero-order valence-corrected chi connectivity index (χ0v) is 10.7. The average Bonchev–Trinajstić information content (AvgIpc) is 2.91. The molecule has 19 heavy (non-hydrogen) atoms. The van der Waals surface area contributed by atoms with Gasteiger partial charge in [0.1, 0.15) is 0 Å². The lowest BCUT2D eigenvalue weighted by Crippen LogP contribution is -2.15. The van der Waals surface area contributed by atoms with Gasteiger partial charge in [-0.05, 0) is 30.7 Å². The summed E-state index contributed by atoms with van der Waals surface area (Å²) in [6.07, 6.45) is 4.79. The Kier molecular flexibility index (Phi) is 4.69. The zero-order chi connectivity index (χ0) is 13.5. The van der Waals surface area contributed by atoms with Crippen molar-refractivity contribution < 1.29 is 4.79 Å². The number of carbonyl (C=O) groups is 1. The Labute approximate surface area is 112 Å². The lowest BCUT2D eigenvalue weighted by atomic mass is 10.1. The summed E-state index contributed by atoms with van der Waals surface area (Å²) < 4.78 is 1.82. The fourth-order valence-corrected chi connectivity index (χ4v) is 1.82. The van der Waals surface area contributed by atoms with Crippen LogP contribution in [0.2, 0.25) is 0 Å². The average molecular weight is 258 g/mol. The van der Waals surface area contributed by atoms with Crippen molar-refractivity contribution in [1.29, 1.82) is 0 Å². The molecule has 1 aromatic carbocycles. The number of nitrogens with zero attached hydrogens (tertiary/aromatic N) is 2. The molecule has 1 aromatic heterocycles. The third-order valence-electron chi connectivity index (χ3n) is 2.79. The molecule has 1 amide bonds. The molecule has 0 saturated carbocycles. The maximum absolute atomic E-state index is 11.7. The van der Waals surface area contributed by atoms with E-state index in [1.807, 2.05) is 41.2 Å². The van der Waals surface area contributed by atoms with E-state index in [-0.39, 0.29) is 5.91 Å². The number of carbonyl (C=O) groups excluding carboxylic acids is 1. The fourth-order valence-electron chi connectivity index (χ4n) is 1.82. The summed E-state index contributed by atoms with van der Waals surface area (Å²) in [5, 5.41) is 7.09. The number of para-hydroxylation sites is 1. The van der Waals surface area contributed by atoms with E-state index in [1.54, 1.807) is 6.20 Å². The van der Waals surface area contributed by atoms with Crippen LogP contribution in [0.1, 0.15) is 18.4 Å². The molecular formula is C14H18N4O. The molecule has 0 radical (unpaired) electrons. The Morgan fingerprint density at radius 2 is 2.16 bits per heavy atom. The van der Waals surface area contributed by atoms with Crippen LogP contribution in [0.3, 0.4) is 0 Å². The largest absolute Gasteiger partial charge is 0.330 e. The highest BCUT2D eigenvalue weighted by atomic mass is 16.1. The van der Waals surface area contributed by atoms with Crippen LogP contribution >= 0.6 is 0 Å². The van der Waals surface area contributed by atoms with Crippen molar-refractivity contribution in [2.75, 3.05) is 11.9 Å². The summed E-state index contributed by atoms with van der Waals surface area (Å²) in [6, 6.07) is 9.63. The summed E-state index contributed by atoms with van der Waals surface area (Å²) >= 11 is 0. The lowest BCUT2D eigenvalue weighted by Gasteiger charge is -2.11. The van der Waals surface area contributed by atoms with E-state index >= 15 is 0 Å². The minimum absolute atomic E-state index is 0.00151. The van der Waals surface area contributed by atoms with Gasteiger partial charge in [0.25, 0.3) is 0 Å². The Balaban J connectivity index is 2.05. The SMILES string of the molecule is NCCCC(=O)Nc1ccccc1Cn1cccn1. The summed E-state index contributed by atoms with van der Waals surface area (Å²) in [6.45, 7) is 1.17. The lowest BCUT2D eigenvalue weighted by molar-refractivity contribution is -0.116. The molecule has 2 aromatic rings. The van der Waals surface area contributed by atoms with Gasteiger partial charge in [0.2, 0.25) is 5.91 Å². The summed E-state index contributed by atoms with van der Waals surface area (Å²) in [5.41, 5.74) is 7.27. The highest BCUT2D eigenvalue weighted by Gasteiger charge is 2.06. The summed E-state index contributed by atoms with van der Waals surface area (Å²) in [5.74, 6) is -0.00151. The highest BCUT2D eigenvalue weighted by molar-refractivity contribution is 5.91. The van der Waals surface area contributed by atoms with Crippen molar-refractivity contribution in [3.8, 4) is 0 Å². The van der Waals surface area contributed by atoms with Crippen LogP contribution in [-0.2, 0) is 11.3 Å². The van der Waals surface area contributed by atoms with E-state index in [0.717, 1.165) is 11.3 Å². The molecule has 100 valence electrons. The first-order valence-corrected chi connectivity index (χ1v) is 6.35. The van der Waals surface area contributed by atoms with Crippen LogP contribution in [-0.4, -0.2) is 22.2 Å². The summed E-state index contributed by atoms with van der Waals surface area (Å²) in [4.78, 5) is 11.7. The molecule has 5 heteroatoms. The van der Waals surface area contributed by atoms with Crippen molar-refractivity contribution in [2.45, 2.75) is 19.4 Å². The molecule has 0 fully saturated rings. The summed E-state index contributed by atoms with van der Waals surface area (Å²) in [7, 11) is 0. The quantitative estimate of drug-likeness (QED) is 0.826. The predicted molar refractivity (Wildman–Crippen MR) is 74.7 cm³/mol. The van der Waals surface area contributed by atoms with Crippen LogP contribution in [0.5, 0.6) is 0 Å². The minimum Gasteiger partial charge on any atom is -0.330 e. The van der Waals surface area contributed by atoms with Crippen LogP contribution in [0.4, 0.5) is 5.69 Å². The maximum Gasteiger partial charge on any atom is 0.224 e. The molecule has 0 saturated heterocycles. The minimum atomic E-state index is -0.00151. The molecule has 2 rings (SSSR count). The molecule has 0 bridgehead atoms. The van der Waals surface area contributed by atoms with Crippen LogP contribution < -0.4 is 11.1 Å². The number of hydrogen-bond donors (Lipinski definition) is 2. The first-order valence-electron chi connectivity index (χ1n) is 6.35. The topological polar surface area (TPSA) is 72.9 Å². The number of amides is 1. The molecule has 0 unspecified atom stereocenters. The second kappa shape index (κ2) is 6.70. The van der Waals surface area contributed by atoms with Crippen molar-refractivity contribution >= 4 is 11.6 Å². The van der Waals surface area contributed by atoms with E-state index in [1.165, 1.54) is 0 Å². The van der Waals surface area contributed by atoms with Gasteiger partial charge in [-0.1, -0.05) is 18.2 Å². The number of nitrogens with one attached hydrogen (secondary N) is 1. The molecular weight excluding hydrogens is 240 g/mol. The van der Waals surface area contributed by atoms with E-state index < -0.39 is 0 Å². The zero-order valence-electron chi connectivity index (χ0n) is 10.7. The van der Waals surface area contributed by atoms with Gasteiger partial charge in [0.15, 0.2) is 0 Å². The van der Waals surface area contributed by atoms with E-state index in [2.05, 4.69) is 10.4 Å². The molecule has 0 aliphatic heterocycles. The molecule has 0 aliphatic rings. The Morgan fingerprint density at radius 3 is 2.89 bits per heavy atom. The Hall–Kier alpha value is -2.14. The third-order valence-corrected chi connectivity index (χ3v) is 2.79. The Bertz CT molecular complexity index is 522. The van der Waals surface area contributed by atoms with Gasteiger partial charge in [0.05, 0.1) is 6.54 Å². The van der Waals surface area contributed by atoms with E-state index in [0.29, 0.717) is 25.9 Å². The smallest absolute Gasteiger partial charge is 0.224 e. The van der Waals surface area contributed by atoms with Crippen molar-refractivity contribution in [3.63, 3.8) is 0 Å². The standard InChI is InChI=1S/C14H18N4O/c15-8-3-7-14(19)17-13-6-2-1-5-12(13)11-18-10-4-9-16-18/h1-2,4-6,9-10H,3,7-8,11,15H2,(H,17,19).